The number of nitrogens with zero attached hydrogens (tertiary/aromatic N) is 1. The van der Waals surface area contributed by atoms with Gasteiger partial charge in [0, 0.05) is 19.5 Å². The Labute approximate surface area is 221 Å². The van der Waals surface area contributed by atoms with E-state index in [2.05, 4.69) is 24.1 Å². The zero-order valence-corrected chi connectivity index (χ0v) is 22.8. The summed E-state index contributed by atoms with van der Waals surface area (Å²) in [5, 5.41) is 5.74. The van der Waals surface area contributed by atoms with Gasteiger partial charge < -0.3 is 20.3 Å². The van der Waals surface area contributed by atoms with Gasteiger partial charge in [0.25, 0.3) is 0 Å². The van der Waals surface area contributed by atoms with Crippen molar-refractivity contribution >= 4 is 17.9 Å². The largest absolute Gasteiger partial charge is 0.444 e. The third-order valence-corrected chi connectivity index (χ3v) is 5.75. The van der Waals surface area contributed by atoms with Crippen LogP contribution in [-0.2, 0) is 20.7 Å². The standard InChI is InChI=1S/C30H41N3O4/c1-7-9-19-31-27(34)26(24-18-14-13-15-22(24)3)33(20-8-2)28(35)25(21-23-16-11-10-12-17-23)32-29(36)37-30(4,5)6/h8,10-18,25-26H,2,7,9,19-21H2,1,3-6H3,(H,31,34)(H,32,36). The number of nitrogens with one attached hydrogen (secondary N) is 2. The predicted molar refractivity (Wildman–Crippen MR) is 147 cm³/mol. The molecule has 0 aliphatic carbocycles. The molecule has 0 saturated carbocycles. The average molecular weight is 508 g/mol. The van der Waals surface area contributed by atoms with Crippen molar-refractivity contribution in [2.45, 2.75) is 71.6 Å². The highest BCUT2D eigenvalue weighted by atomic mass is 16.6. The van der Waals surface area contributed by atoms with Gasteiger partial charge in [-0.3, -0.25) is 9.59 Å². The summed E-state index contributed by atoms with van der Waals surface area (Å²) >= 11 is 0. The number of hydrogen-bond donors (Lipinski definition) is 2. The van der Waals surface area contributed by atoms with E-state index in [-0.39, 0.29) is 18.9 Å². The van der Waals surface area contributed by atoms with Crippen LogP contribution in [0.1, 0.15) is 63.3 Å². The fourth-order valence-corrected chi connectivity index (χ4v) is 3.99. The molecule has 2 N–H and O–H groups in total. The highest BCUT2D eigenvalue weighted by molar-refractivity contribution is 5.92. The van der Waals surface area contributed by atoms with Crippen LogP contribution in [0.2, 0.25) is 0 Å². The third kappa shape index (κ3) is 9.41. The number of rotatable bonds is 12. The Bertz CT molecular complexity index is 1050. The Balaban J connectivity index is 2.49. The van der Waals surface area contributed by atoms with Crippen molar-refractivity contribution in [3.63, 3.8) is 0 Å². The number of carbonyl (C=O) groups excluding carboxylic acids is 3. The van der Waals surface area contributed by atoms with Crippen LogP contribution in [0.15, 0.2) is 67.3 Å². The lowest BCUT2D eigenvalue weighted by atomic mass is 9.97. The number of ether oxygens (including phenoxy) is 1. The highest BCUT2D eigenvalue weighted by Gasteiger charge is 2.36. The topological polar surface area (TPSA) is 87.7 Å². The first kappa shape index (κ1) is 29.6. The minimum absolute atomic E-state index is 0.125. The van der Waals surface area contributed by atoms with E-state index >= 15 is 0 Å². The first-order chi connectivity index (χ1) is 17.6. The Morgan fingerprint density at radius 3 is 2.30 bits per heavy atom. The van der Waals surface area contributed by atoms with Gasteiger partial charge in [0.15, 0.2) is 0 Å². The van der Waals surface area contributed by atoms with E-state index in [1.165, 1.54) is 4.90 Å². The molecule has 0 saturated heterocycles. The maximum absolute atomic E-state index is 14.1. The highest BCUT2D eigenvalue weighted by Crippen LogP contribution is 2.26. The first-order valence-corrected chi connectivity index (χ1v) is 12.9. The Hall–Kier alpha value is -3.61. The molecular formula is C30H41N3O4. The summed E-state index contributed by atoms with van der Waals surface area (Å²) in [7, 11) is 0. The summed E-state index contributed by atoms with van der Waals surface area (Å²) in [6.45, 7) is 13.7. The van der Waals surface area contributed by atoms with E-state index in [0.29, 0.717) is 6.54 Å². The van der Waals surface area contributed by atoms with Gasteiger partial charge in [-0.15, -0.1) is 6.58 Å². The van der Waals surface area contributed by atoms with Crippen molar-refractivity contribution in [3.05, 3.63) is 83.9 Å². The fraction of sp³-hybridized carbons (Fsp3) is 0.433. The molecule has 0 aliphatic rings. The Morgan fingerprint density at radius 2 is 1.70 bits per heavy atom. The number of alkyl carbamates (subject to hydrolysis) is 1. The van der Waals surface area contributed by atoms with Gasteiger partial charge in [-0.1, -0.05) is 74.0 Å². The molecule has 7 nitrogen and oxygen atoms in total. The van der Waals surface area contributed by atoms with Gasteiger partial charge in [-0.2, -0.15) is 0 Å². The molecule has 37 heavy (non-hydrogen) atoms. The van der Waals surface area contributed by atoms with E-state index in [4.69, 9.17) is 4.74 Å². The van der Waals surface area contributed by atoms with Crippen molar-refractivity contribution in [1.29, 1.82) is 0 Å². The van der Waals surface area contributed by atoms with Crippen molar-refractivity contribution in [2.75, 3.05) is 13.1 Å². The molecule has 0 bridgehead atoms. The first-order valence-electron chi connectivity index (χ1n) is 12.9. The van der Waals surface area contributed by atoms with Crippen LogP contribution >= 0.6 is 0 Å². The molecule has 0 spiro atoms. The lowest BCUT2D eigenvalue weighted by Crippen LogP contribution is -2.54. The molecule has 2 atom stereocenters. The molecule has 0 aromatic heterocycles. The van der Waals surface area contributed by atoms with Crippen LogP contribution in [0.3, 0.4) is 0 Å². The Kier molecular flexibility index (Phi) is 11.4. The van der Waals surface area contributed by atoms with Crippen LogP contribution in [0.4, 0.5) is 4.79 Å². The SMILES string of the molecule is C=CCN(C(=O)C(Cc1ccccc1)NC(=O)OC(C)(C)C)C(C(=O)NCCCC)c1ccccc1C. The number of amides is 3. The number of benzene rings is 2. The van der Waals surface area contributed by atoms with Crippen molar-refractivity contribution in [3.8, 4) is 0 Å². The van der Waals surface area contributed by atoms with Gasteiger partial charge in [-0.25, -0.2) is 4.79 Å². The number of unbranched alkanes of at least 4 members (excludes halogenated alkanes) is 1. The second kappa shape index (κ2) is 14.2. The smallest absolute Gasteiger partial charge is 0.408 e. The number of carbonyl (C=O) groups is 3. The fourth-order valence-electron chi connectivity index (χ4n) is 3.99. The van der Waals surface area contributed by atoms with Crippen LogP contribution in [0.5, 0.6) is 0 Å². The molecular weight excluding hydrogens is 466 g/mol. The maximum Gasteiger partial charge on any atom is 0.408 e. The summed E-state index contributed by atoms with van der Waals surface area (Å²) in [6, 6.07) is 15.1. The van der Waals surface area contributed by atoms with E-state index < -0.39 is 29.7 Å². The minimum atomic E-state index is -0.952. The summed E-state index contributed by atoms with van der Waals surface area (Å²) in [5.74, 6) is -0.665. The van der Waals surface area contributed by atoms with Crippen molar-refractivity contribution < 1.29 is 19.1 Å². The molecule has 7 heteroatoms. The minimum Gasteiger partial charge on any atom is -0.444 e. The predicted octanol–water partition coefficient (Wildman–Crippen LogP) is 5.10. The lowest BCUT2D eigenvalue weighted by molar-refractivity contribution is -0.141. The zero-order chi connectivity index (χ0) is 27.4. The van der Waals surface area contributed by atoms with Crippen LogP contribution in [0, 0.1) is 6.92 Å². The molecule has 2 unspecified atom stereocenters. The molecule has 0 radical (unpaired) electrons. The van der Waals surface area contributed by atoms with Crippen LogP contribution < -0.4 is 10.6 Å². The molecule has 3 amide bonds. The van der Waals surface area contributed by atoms with E-state index in [9.17, 15) is 14.4 Å². The van der Waals surface area contributed by atoms with E-state index in [0.717, 1.165) is 29.5 Å². The molecule has 0 heterocycles. The van der Waals surface area contributed by atoms with E-state index in [1.54, 1.807) is 26.8 Å². The maximum atomic E-state index is 14.1. The molecule has 2 aromatic rings. The van der Waals surface area contributed by atoms with Gasteiger partial charge in [0.2, 0.25) is 11.8 Å². The lowest BCUT2D eigenvalue weighted by Gasteiger charge is -2.34. The molecule has 200 valence electrons. The molecule has 0 aliphatic heterocycles. The summed E-state index contributed by atoms with van der Waals surface area (Å²) < 4.78 is 5.45. The molecule has 2 aromatic carbocycles. The van der Waals surface area contributed by atoms with Gasteiger partial charge in [-0.05, 0) is 50.8 Å². The third-order valence-electron chi connectivity index (χ3n) is 5.75. The summed E-state index contributed by atoms with van der Waals surface area (Å²) in [4.78, 5) is 41.9. The van der Waals surface area contributed by atoms with Crippen LogP contribution in [0.25, 0.3) is 0 Å². The van der Waals surface area contributed by atoms with Crippen LogP contribution in [-0.4, -0.2) is 47.5 Å². The Morgan fingerprint density at radius 1 is 1.05 bits per heavy atom. The van der Waals surface area contributed by atoms with Gasteiger partial charge >= 0.3 is 6.09 Å². The quantitative estimate of drug-likeness (QED) is 0.309. The van der Waals surface area contributed by atoms with Gasteiger partial charge in [0.05, 0.1) is 0 Å². The monoisotopic (exact) mass is 507 g/mol. The number of aryl methyl sites for hydroxylation is 1. The summed E-state index contributed by atoms with van der Waals surface area (Å²) in [5.41, 5.74) is 1.76. The van der Waals surface area contributed by atoms with E-state index in [1.807, 2.05) is 61.5 Å². The number of hydrogen-bond acceptors (Lipinski definition) is 4. The second-order valence-corrected chi connectivity index (χ2v) is 10.1. The average Bonchev–Trinajstić information content (AvgIpc) is 2.83. The van der Waals surface area contributed by atoms with Crippen molar-refractivity contribution in [1.82, 2.24) is 15.5 Å². The molecule has 0 fully saturated rings. The van der Waals surface area contributed by atoms with Gasteiger partial charge in [0.1, 0.15) is 17.7 Å². The molecule has 2 rings (SSSR count). The van der Waals surface area contributed by atoms with Crippen molar-refractivity contribution in [2.24, 2.45) is 0 Å². The summed E-state index contributed by atoms with van der Waals surface area (Å²) in [6.07, 6.45) is 2.91. The second-order valence-electron chi connectivity index (χ2n) is 10.1. The normalized spacial score (nSPS) is 12.7. The zero-order valence-electron chi connectivity index (χ0n) is 22.8.